The van der Waals surface area contributed by atoms with Crippen LogP contribution in [0, 0.1) is 11.7 Å². The average Bonchev–Trinajstić information content (AvgIpc) is 3.95. The molecule has 1 N–H and O–H groups in total. The second kappa shape index (κ2) is 11.0. The minimum atomic E-state index is -0.426. The number of rotatable bonds is 7. The zero-order valence-corrected chi connectivity index (χ0v) is 25.4. The van der Waals surface area contributed by atoms with E-state index in [1.165, 1.54) is 30.5 Å². The van der Waals surface area contributed by atoms with Crippen molar-refractivity contribution in [3.05, 3.63) is 81.3 Å². The number of carbonyl (C=O) groups excluding carboxylic acids is 1. The molecule has 2 aliphatic heterocycles. The van der Waals surface area contributed by atoms with E-state index in [1.807, 2.05) is 23.2 Å². The molecular weight excluding hydrogens is 553 g/mol. The number of likely N-dealkylation sites (tertiary alicyclic amines) is 2. The van der Waals surface area contributed by atoms with Crippen LogP contribution in [0.2, 0.25) is 0 Å². The van der Waals surface area contributed by atoms with Crippen molar-refractivity contribution in [3.8, 4) is 16.9 Å². The first-order valence-corrected chi connectivity index (χ1v) is 16.5. The Bertz CT molecular complexity index is 1810. The van der Waals surface area contributed by atoms with Gasteiger partial charge in [-0.3, -0.25) is 19.1 Å². The molecule has 4 aliphatic rings. The number of hydrogen-bond donors (Lipinski definition) is 1. The zero-order chi connectivity index (χ0) is 29.9. The Balaban J connectivity index is 1.24. The fraction of sp³-hybridized carbons (Fsp3) is 0.472. The number of carbonyl (C=O) groups is 1. The van der Waals surface area contributed by atoms with Crippen LogP contribution in [-0.4, -0.2) is 56.4 Å². The van der Waals surface area contributed by atoms with Gasteiger partial charge < -0.3 is 9.88 Å². The quantitative estimate of drug-likeness (QED) is 0.258. The van der Waals surface area contributed by atoms with E-state index in [0.717, 1.165) is 80.5 Å². The second-order valence-electron chi connectivity index (χ2n) is 13.7. The number of nitrogens with zero attached hydrogens (tertiary/aromatic N) is 4. The number of aromatic amines is 1. The fourth-order valence-corrected chi connectivity index (χ4v) is 7.38. The number of halogens is 1. The number of fused-ring (bicyclic) bond motifs is 1. The Labute approximate surface area is 257 Å². The summed E-state index contributed by atoms with van der Waals surface area (Å²) in [6.07, 6.45) is 10.8. The van der Waals surface area contributed by atoms with Crippen LogP contribution in [0.15, 0.2) is 47.4 Å². The molecule has 0 unspecified atom stereocenters. The van der Waals surface area contributed by atoms with Crippen molar-refractivity contribution in [2.45, 2.75) is 76.7 Å². The van der Waals surface area contributed by atoms with Crippen LogP contribution in [0.5, 0.6) is 0 Å². The minimum absolute atomic E-state index is 0.110. The van der Waals surface area contributed by atoms with Crippen LogP contribution in [0.3, 0.4) is 0 Å². The van der Waals surface area contributed by atoms with Gasteiger partial charge >= 0.3 is 0 Å². The molecule has 7 nitrogen and oxygen atoms in total. The van der Waals surface area contributed by atoms with Crippen molar-refractivity contribution in [3.63, 3.8) is 0 Å². The molecular formula is C36H40FN5O2. The number of nitrogens with one attached hydrogen (secondary N) is 1. The molecule has 2 aliphatic carbocycles. The van der Waals surface area contributed by atoms with Crippen LogP contribution in [0.4, 0.5) is 4.39 Å². The number of hydrogen-bond acceptors (Lipinski definition) is 4. The van der Waals surface area contributed by atoms with Crippen LogP contribution in [0.25, 0.3) is 27.8 Å². The van der Waals surface area contributed by atoms with Gasteiger partial charge in [-0.1, -0.05) is 13.0 Å². The predicted octanol–water partition coefficient (Wildman–Crippen LogP) is 6.74. The van der Waals surface area contributed by atoms with Gasteiger partial charge in [0.05, 0.1) is 5.56 Å². The number of pyridine rings is 2. The Morgan fingerprint density at radius 1 is 0.977 bits per heavy atom. The summed E-state index contributed by atoms with van der Waals surface area (Å²) in [7, 11) is 0. The molecule has 3 aromatic heterocycles. The molecule has 8 rings (SSSR count). The molecule has 1 aromatic carbocycles. The van der Waals surface area contributed by atoms with E-state index >= 15 is 0 Å². The van der Waals surface area contributed by atoms with E-state index in [4.69, 9.17) is 4.98 Å². The number of piperidine rings is 1. The van der Waals surface area contributed by atoms with Gasteiger partial charge in [0.1, 0.15) is 17.2 Å². The van der Waals surface area contributed by atoms with Gasteiger partial charge in [-0.2, -0.15) is 0 Å². The standard InChI is InChI=1S/C36H40FN5O2/c1-22-5-4-12-40(19-22)20-27-18-29-31(23-6-7-23)21-42(36(44)34(29)38-27)33-16-25(15-32(39-33)24-8-9-24)28-11-10-26(37)17-30(28)35(43)41-13-2-3-14-41/h10-11,15-18,21-24,38H,2-9,12-14,19-20H2,1H3/t22-/m0/s1. The highest BCUT2D eigenvalue weighted by molar-refractivity contribution is 6.01. The normalized spacial score (nSPS) is 21.0. The SMILES string of the molecule is C[C@H]1CCCN(Cc2cc3c(C4CC4)cn(-c4cc(-c5ccc(F)cc5C(=O)N5CCCC5)cc(C5CC5)n4)c(=O)c3[nH]2)C1. The summed E-state index contributed by atoms with van der Waals surface area (Å²) in [5, 5.41) is 1.03. The average molecular weight is 594 g/mol. The summed E-state index contributed by atoms with van der Waals surface area (Å²) in [5.74, 6) is 1.46. The van der Waals surface area contributed by atoms with Crippen LogP contribution < -0.4 is 5.56 Å². The summed E-state index contributed by atoms with van der Waals surface area (Å²) in [6, 6.07) is 10.6. The van der Waals surface area contributed by atoms with E-state index in [1.54, 1.807) is 10.6 Å². The maximum absolute atomic E-state index is 14.5. The monoisotopic (exact) mass is 593 g/mol. The Morgan fingerprint density at radius 3 is 2.52 bits per heavy atom. The maximum Gasteiger partial charge on any atom is 0.280 e. The first-order chi connectivity index (χ1) is 21.4. The first kappa shape index (κ1) is 27.7. The largest absolute Gasteiger partial charge is 0.353 e. The van der Waals surface area contributed by atoms with Crippen molar-refractivity contribution < 1.29 is 9.18 Å². The van der Waals surface area contributed by atoms with E-state index in [-0.39, 0.29) is 11.5 Å². The van der Waals surface area contributed by atoms with Gasteiger partial charge in [-0.05, 0) is 117 Å². The molecule has 2 saturated heterocycles. The highest BCUT2D eigenvalue weighted by Gasteiger charge is 2.31. The molecule has 228 valence electrons. The maximum atomic E-state index is 14.5. The summed E-state index contributed by atoms with van der Waals surface area (Å²) >= 11 is 0. The number of benzene rings is 1. The third-order valence-electron chi connectivity index (χ3n) is 10.0. The lowest BCUT2D eigenvalue weighted by Gasteiger charge is -2.30. The highest BCUT2D eigenvalue weighted by atomic mass is 19.1. The molecule has 4 aromatic rings. The number of amides is 1. The Hall–Kier alpha value is -3.78. The van der Waals surface area contributed by atoms with Gasteiger partial charge in [0.25, 0.3) is 11.5 Å². The number of aromatic nitrogens is 3. The van der Waals surface area contributed by atoms with Gasteiger partial charge in [0.15, 0.2) is 0 Å². The lowest BCUT2D eigenvalue weighted by Crippen LogP contribution is -2.33. The number of H-pyrrole nitrogens is 1. The predicted molar refractivity (Wildman–Crippen MR) is 170 cm³/mol. The third kappa shape index (κ3) is 5.27. The summed E-state index contributed by atoms with van der Waals surface area (Å²) < 4.78 is 16.2. The lowest BCUT2D eigenvalue weighted by molar-refractivity contribution is 0.0793. The minimum Gasteiger partial charge on any atom is -0.353 e. The van der Waals surface area contributed by atoms with Crippen LogP contribution in [-0.2, 0) is 6.54 Å². The zero-order valence-electron chi connectivity index (χ0n) is 25.4. The molecule has 1 amide bonds. The van der Waals surface area contributed by atoms with E-state index in [9.17, 15) is 14.0 Å². The summed E-state index contributed by atoms with van der Waals surface area (Å²) in [6.45, 7) is 6.69. The molecule has 0 spiro atoms. The van der Waals surface area contributed by atoms with E-state index in [2.05, 4.69) is 22.9 Å². The second-order valence-corrected chi connectivity index (χ2v) is 13.7. The molecule has 8 heteroatoms. The van der Waals surface area contributed by atoms with Crippen molar-refractivity contribution in [2.75, 3.05) is 26.2 Å². The topological polar surface area (TPSA) is 74.2 Å². The molecule has 0 bridgehead atoms. The van der Waals surface area contributed by atoms with Crippen LogP contribution in [0.1, 0.15) is 97.4 Å². The Morgan fingerprint density at radius 2 is 1.77 bits per heavy atom. The molecule has 44 heavy (non-hydrogen) atoms. The summed E-state index contributed by atoms with van der Waals surface area (Å²) in [5.41, 5.74) is 5.58. The van der Waals surface area contributed by atoms with Gasteiger partial charge in [0.2, 0.25) is 0 Å². The molecule has 5 heterocycles. The summed E-state index contributed by atoms with van der Waals surface area (Å²) in [4.78, 5) is 40.6. The van der Waals surface area contributed by atoms with E-state index < -0.39 is 5.82 Å². The highest BCUT2D eigenvalue weighted by Crippen LogP contribution is 2.44. The van der Waals surface area contributed by atoms with Gasteiger partial charge in [-0.25, -0.2) is 9.37 Å². The van der Waals surface area contributed by atoms with Crippen molar-refractivity contribution in [2.24, 2.45) is 5.92 Å². The van der Waals surface area contributed by atoms with Crippen LogP contribution >= 0.6 is 0 Å². The molecule has 4 fully saturated rings. The van der Waals surface area contributed by atoms with Gasteiger partial charge in [0, 0.05) is 55.1 Å². The van der Waals surface area contributed by atoms with Gasteiger partial charge in [-0.15, -0.1) is 0 Å². The molecule has 1 atom stereocenters. The third-order valence-corrected chi connectivity index (χ3v) is 10.0. The van der Waals surface area contributed by atoms with Crippen molar-refractivity contribution in [1.82, 2.24) is 24.3 Å². The van der Waals surface area contributed by atoms with Crippen molar-refractivity contribution >= 4 is 16.8 Å². The molecule has 0 radical (unpaired) electrons. The Kier molecular flexibility index (Phi) is 6.93. The lowest BCUT2D eigenvalue weighted by atomic mass is 9.97. The molecule has 2 saturated carbocycles. The first-order valence-electron chi connectivity index (χ1n) is 16.5. The van der Waals surface area contributed by atoms with E-state index in [0.29, 0.717) is 53.3 Å². The fourth-order valence-electron chi connectivity index (χ4n) is 7.38. The smallest absolute Gasteiger partial charge is 0.280 e. The van der Waals surface area contributed by atoms with Crippen molar-refractivity contribution in [1.29, 1.82) is 0 Å².